The summed E-state index contributed by atoms with van der Waals surface area (Å²) in [5.41, 5.74) is 0.338. The average molecular weight is 414 g/mol. The van der Waals surface area contributed by atoms with Crippen LogP contribution in [0.2, 0.25) is 5.02 Å². The van der Waals surface area contributed by atoms with E-state index in [1.165, 1.54) is 0 Å². The van der Waals surface area contributed by atoms with Crippen molar-refractivity contribution >= 4 is 47.4 Å². The van der Waals surface area contributed by atoms with E-state index in [0.29, 0.717) is 27.6 Å². The number of carbonyl (C=O) groups excluding carboxylic acids is 2. The number of nitrogens with zero attached hydrogens (tertiary/aromatic N) is 2. The van der Waals surface area contributed by atoms with Crippen molar-refractivity contribution in [3.05, 3.63) is 45.4 Å². The molecular formula is C16H20ClN5O2S2. The number of thioether (sulfide) groups is 1. The lowest BCUT2D eigenvalue weighted by molar-refractivity contribution is -0.123. The Labute approximate surface area is 165 Å². The van der Waals surface area contributed by atoms with E-state index in [1.807, 2.05) is 6.26 Å². The molecule has 140 valence electrons. The van der Waals surface area contributed by atoms with Crippen molar-refractivity contribution in [3.8, 4) is 0 Å². The van der Waals surface area contributed by atoms with Crippen LogP contribution >= 0.6 is 35.6 Å². The van der Waals surface area contributed by atoms with Crippen LogP contribution in [0, 0.1) is 4.77 Å². The van der Waals surface area contributed by atoms with E-state index in [9.17, 15) is 9.59 Å². The third kappa shape index (κ3) is 5.33. The highest BCUT2D eigenvalue weighted by atomic mass is 35.5. The normalized spacial score (nSPS) is 11.8. The van der Waals surface area contributed by atoms with Crippen molar-refractivity contribution < 1.29 is 9.59 Å². The Morgan fingerprint density at radius 2 is 2.15 bits per heavy atom. The first-order chi connectivity index (χ1) is 12.4. The summed E-state index contributed by atoms with van der Waals surface area (Å²) >= 11 is 12.7. The van der Waals surface area contributed by atoms with Crippen molar-refractivity contribution in [2.24, 2.45) is 7.05 Å². The van der Waals surface area contributed by atoms with Crippen LogP contribution in [-0.4, -0.2) is 44.6 Å². The zero-order valence-corrected chi connectivity index (χ0v) is 16.8. The monoisotopic (exact) mass is 413 g/mol. The summed E-state index contributed by atoms with van der Waals surface area (Å²) in [6.07, 6.45) is 2.45. The molecule has 2 rings (SSSR count). The first-order valence-corrected chi connectivity index (χ1v) is 10.0. The van der Waals surface area contributed by atoms with Crippen molar-refractivity contribution in [1.29, 1.82) is 0 Å². The molecule has 0 spiro atoms. The third-order valence-electron chi connectivity index (χ3n) is 3.74. The highest BCUT2D eigenvalue weighted by Crippen LogP contribution is 2.15. The maximum Gasteiger partial charge on any atom is 0.253 e. The van der Waals surface area contributed by atoms with Crippen LogP contribution in [0.5, 0.6) is 0 Å². The Balaban J connectivity index is 2.04. The molecule has 0 radical (unpaired) electrons. The van der Waals surface area contributed by atoms with Crippen LogP contribution in [0.3, 0.4) is 0 Å². The van der Waals surface area contributed by atoms with Gasteiger partial charge < -0.3 is 15.2 Å². The van der Waals surface area contributed by atoms with Gasteiger partial charge in [-0.3, -0.25) is 14.7 Å². The summed E-state index contributed by atoms with van der Waals surface area (Å²) in [4.78, 5) is 25.0. The molecule has 1 atom stereocenters. The van der Waals surface area contributed by atoms with Crippen LogP contribution in [-0.2, 0) is 18.4 Å². The fraction of sp³-hybridized carbons (Fsp3) is 0.375. The molecule has 0 bridgehead atoms. The zero-order chi connectivity index (χ0) is 19.1. The minimum absolute atomic E-state index is 0.209. The number of H-pyrrole nitrogens is 1. The molecule has 10 heteroatoms. The quantitative estimate of drug-likeness (QED) is 0.577. The maximum absolute atomic E-state index is 12.6. The summed E-state index contributed by atoms with van der Waals surface area (Å²) in [7, 11) is 1.76. The second kappa shape index (κ2) is 9.75. The first kappa shape index (κ1) is 20.5. The van der Waals surface area contributed by atoms with Crippen LogP contribution in [0.15, 0.2) is 24.3 Å². The topological polar surface area (TPSA) is 91.8 Å². The molecule has 0 saturated heterocycles. The minimum atomic E-state index is -0.668. The van der Waals surface area contributed by atoms with Gasteiger partial charge in [0.05, 0.1) is 17.1 Å². The summed E-state index contributed by atoms with van der Waals surface area (Å²) in [5.74, 6) is 0.667. The number of carbonyl (C=O) groups is 2. The molecule has 7 nitrogen and oxygen atoms in total. The van der Waals surface area contributed by atoms with E-state index < -0.39 is 6.04 Å². The SMILES string of the molecule is CSCCC(NC(=O)c1ccccc1Cl)C(=O)NCc1n[nH]c(=S)n1C. The van der Waals surface area contributed by atoms with Crippen molar-refractivity contribution in [1.82, 2.24) is 25.4 Å². The average Bonchev–Trinajstić information content (AvgIpc) is 2.95. The number of amides is 2. The molecule has 0 fully saturated rings. The molecule has 0 saturated carbocycles. The first-order valence-electron chi connectivity index (χ1n) is 7.86. The summed E-state index contributed by atoms with van der Waals surface area (Å²) < 4.78 is 2.15. The number of halogens is 1. The van der Waals surface area contributed by atoms with Gasteiger partial charge in [0.1, 0.15) is 6.04 Å². The van der Waals surface area contributed by atoms with Gasteiger partial charge in [-0.2, -0.15) is 16.9 Å². The third-order valence-corrected chi connectivity index (χ3v) is 5.08. The maximum atomic E-state index is 12.6. The van der Waals surface area contributed by atoms with Crippen LogP contribution < -0.4 is 10.6 Å². The number of aromatic amines is 1. The number of rotatable bonds is 8. The van der Waals surface area contributed by atoms with E-state index in [2.05, 4.69) is 20.8 Å². The molecule has 0 aliphatic rings. The van der Waals surface area contributed by atoms with Crippen LogP contribution in [0.25, 0.3) is 0 Å². The van der Waals surface area contributed by atoms with Gasteiger partial charge in [0.15, 0.2) is 10.6 Å². The molecule has 26 heavy (non-hydrogen) atoms. The Morgan fingerprint density at radius 3 is 2.77 bits per heavy atom. The molecule has 2 amide bonds. The molecular weight excluding hydrogens is 394 g/mol. The van der Waals surface area contributed by atoms with Crippen LogP contribution in [0.4, 0.5) is 0 Å². The second-order valence-electron chi connectivity index (χ2n) is 5.51. The molecule has 2 aromatic rings. The Bertz CT molecular complexity index is 836. The van der Waals surface area contributed by atoms with Crippen LogP contribution in [0.1, 0.15) is 22.6 Å². The summed E-state index contributed by atoms with van der Waals surface area (Å²) in [6, 6.07) is 6.06. The molecule has 1 unspecified atom stereocenters. The number of hydrogen-bond donors (Lipinski definition) is 3. The van der Waals surface area contributed by atoms with Gasteiger partial charge in [0, 0.05) is 7.05 Å². The van der Waals surface area contributed by atoms with Gasteiger partial charge in [-0.25, -0.2) is 0 Å². The molecule has 1 aromatic carbocycles. The lowest BCUT2D eigenvalue weighted by Gasteiger charge is -2.18. The summed E-state index contributed by atoms with van der Waals surface area (Å²) in [6.45, 7) is 0.209. The molecule has 0 aliphatic heterocycles. The van der Waals surface area contributed by atoms with E-state index in [-0.39, 0.29) is 18.4 Å². The second-order valence-corrected chi connectivity index (χ2v) is 7.29. The highest BCUT2D eigenvalue weighted by molar-refractivity contribution is 7.98. The zero-order valence-electron chi connectivity index (χ0n) is 14.4. The fourth-order valence-electron chi connectivity index (χ4n) is 2.21. The molecule has 0 aliphatic carbocycles. The lowest BCUT2D eigenvalue weighted by Crippen LogP contribution is -2.47. The molecule has 3 N–H and O–H groups in total. The van der Waals surface area contributed by atoms with Crippen molar-refractivity contribution in [2.75, 3.05) is 12.0 Å². The lowest BCUT2D eigenvalue weighted by atomic mass is 10.1. The largest absolute Gasteiger partial charge is 0.347 e. The Morgan fingerprint density at radius 1 is 1.42 bits per heavy atom. The van der Waals surface area contributed by atoms with Gasteiger partial charge in [0.25, 0.3) is 5.91 Å². The summed E-state index contributed by atoms with van der Waals surface area (Å²) in [5, 5.41) is 12.6. The van der Waals surface area contributed by atoms with Gasteiger partial charge in [0.2, 0.25) is 5.91 Å². The molecule has 1 aromatic heterocycles. The predicted molar refractivity (Wildman–Crippen MR) is 106 cm³/mol. The van der Waals surface area contributed by atoms with Gasteiger partial charge >= 0.3 is 0 Å². The van der Waals surface area contributed by atoms with Gasteiger partial charge in [-0.15, -0.1) is 0 Å². The molecule has 1 heterocycles. The van der Waals surface area contributed by atoms with Crippen molar-refractivity contribution in [3.63, 3.8) is 0 Å². The fourth-order valence-corrected chi connectivity index (χ4v) is 3.06. The van der Waals surface area contributed by atoms with Gasteiger partial charge in [-0.05, 0) is 42.8 Å². The number of nitrogens with one attached hydrogen (secondary N) is 3. The number of benzene rings is 1. The van der Waals surface area contributed by atoms with E-state index in [4.69, 9.17) is 23.8 Å². The minimum Gasteiger partial charge on any atom is -0.347 e. The Hall–Kier alpha value is -1.84. The smallest absolute Gasteiger partial charge is 0.253 e. The Kier molecular flexibility index (Phi) is 7.67. The van der Waals surface area contributed by atoms with E-state index >= 15 is 0 Å². The number of aromatic nitrogens is 3. The standard InChI is InChI=1S/C16H20ClN5O2S2/c1-22-13(20-21-16(22)25)9-18-15(24)12(7-8-26-2)19-14(23)10-5-3-4-6-11(10)17/h3-6,12H,7-9H2,1-2H3,(H,18,24)(H,19,23)(H,21,25). The van der Waals surface area contributed by atoms with E-state index in [0.717, 1.165) is 5.75 Å². The van der Waals surface area contributed by atoms with E-state index in [1.54, 1.807) is 47.6 Å². The highest BCUT2D eigenvalue weighted by Gasteiger charge is 2.22. The van der Waals surface area contributed by atoms with Crippen molar-refractivity contribution in [2.45, 2.75) is 19.0 Å². The number of hydrogen-bond acceptors (Lipinski definition) is 5. The van der Waals surface area contributed by atoms with Gasteiger partial charge in [-0.1, -0.05) is 23.7 Å². The predicted octanol–water partition coefficient (Wildman–Crippen LogP) is 2.30.